The molecule has 1 heterocycles. The lowest BCUT2D eigenvalue weighted by Crippen LogP contribution is -2.08. The highest BCUT2D eigenvalue weighted by Crippen LogP contribution is 2.33. The van der Waals surface area contributed by atoms with Crippen LogP contribution in [0.3, 0.4) is 0 Å². The number of halogens is 2. The minimum atomic E-state index is -0.611. The van der Waals surface area contributed by atoms with Crippen LogP contribution in [0.2, 0.25) is 10.0 Å². The van der Waals surface area contributed by atoms with E-state index in [4.69, 9.17) is 27.9 Å². The summed E-state index contributed by atoms with van der Waals surface area (Å²) in [6.07, 6.45) is 3.36. The first-order valence-electron chi connectivity index (χ1n) is 5.92. The summed E-state index contributed by atoms with van der Waals surface area (Å²) in [5, 5.41) is 11.2. The summed E-state index contributed by atoms with van der Waals surface area (Å²) < 4.78 is 5.52. The van der Waals surface area contributed by atoms with Crippen molar-refractivity contribution in [3.05, 3.63) is 33.8 Å². The second kappa shape index (κ2) is 6.05. The number of hydrogen-bond acceptors (Lipinski definition) is 2. The first-order valence-corrected chi connectivity index (χ1v) is 6.67. The summed E-state index contributed by atoms with van der Waals surface area (Å²) in [4.78, 5) is 0. The Morgan fingerprint density at radius 3 is 2.65 bits per heavy atom. The summed E-state index contributed by atoms with van der Waals surface area (Å²) in [7, 11) is 0. The van der Waals surface area contributed by atoms with Crippen LogP contribution in [0.15, 0.2) is 18.2 Å². The third-order valence-electron chi connectivity index (χ3n) is 3.12. The van der Waals surface area contributed by atoms with Crippen LogP contribution in [-0.4, -0.2) is 17.8 Å². The number of rotatable bonds is 4. The average Bonchev–Trinajstić information content (AvgIpc) is 2.79. The predicted molar refractivity (Wildman–Crippen MR) is 69.6 cm³/mol. The van der Waals surface area contributed by atoms with Crippen LogP contribution in [-0.2, 0) is 4.74 Å². The lowest BCUT2D eigenvalue weighted by atomic mass is 10.0. The zero-order valence-electron chi connectivity index (χ0n) is 9.53. The molecule has 1 aromatic carbocycles. The van der Waals surface area contributed by atoms with Crippen LogP contribution in [0, 0.1) is 0 Å². The zero-order valence-corrected chi connectivity index (χ0v) is 11.0. The molecule has 1 fully saturated rings. The Labute approximate surface area is 111 Å². The first kappa shape index (κ1) is 13.2. The van der Waals surface area contributed by atoms with E-state index in [1.165, 1.54) is 0 Å². The predicted octanol–water partition coefficient (Wildman–Crippen LogP) is 3.99. The van der Waals surface area contributed by atoms with Crippen LogP contribution < -0.4 is 0 Å². The third kappa shape index (κ3) is 3.35. The molecule has 0 bridgehead atoms. The lowest BCUT2D eigenvalue weighted by molar-refractivity contribution is 0.0813. The van der Waals surface area contributed by atoms with Crippen molar-refractivity contribution in [1.82, 2.24) is 0 Å². The van der Waals surface area contributed by atoms with Crippen molar-refractivity contribution in [2.75, 3.05) is 6.61 Å². The van der Waals surface area contributed by atoms with Gasteiger partial charge in [0.15, 0.2) is 0 Å². The normalized spacial score (nSPS) is 21.7. The summed E-state index contributed by atoms with van der Waals surface area (Å²) in [5.41, 5.74) is 0.633. The smallest absolute Gasteiger partial charge is 0.0820 e. The minimum absolute atomic E-state index is 0.283. The van der Waals surface area contributed by atoms with Gasteiger partial charge in [-0.25, -0.2) is 0 Å². The molecule has 0 aliphatic carbocycles. The largest absolute Gasteiger partial charge is 0.388 e. The first-order chi connectivity index (χ1) is 8.18. The van der Waals surface area contributed by atoms with Gasteiger partial charge in [0, 0.05) is 22.2 Å². The van der Waals surface area contributed by atoms with Crippen molar-refractivity contribution < 1.29 is 9.84 Å². The highest BCUT2D eigenvalue weighted by molar-refractivity contribution is 6.36. The Hall–Kier alpha value is -0.280. The Morgan fingerprint density at radius 2 is 2.06 bits per heavy atom. The van der Waals surface area contributed by atoms with Gasteiger partial charge in [-0.1, -0.05) is 29.3 Å². The monoisotopic (exact) mass is 274 g/mol. The fraction of sp³-hybridized carbons (Fsp3) is 0.538. The molecular formula is C13H16Cl2O2. The van der Waals surface area contributed by atoms with E-state index < -0.39 is 6.10 Å². The molecule has 4 heteroatoms. The summed E-state index contributed by atoms with van der Waals surface area (Å²) in [6.45, 7) is 0.841. The molecule has 2 rings (SSSR count). The van der Waals surface area contributed by atoms with Crippen molar-refractivity contribution in [2.24, 2.45) is 0 Å². The van der Waals surface area contributed by atoms with Crippen LogP contribution in [0.25, 0.3) is 0 Å². The average molecular weight is 275 g/mol. The van der Waals surface area contributed by atoms with Gasteiger partial charge >= 0.3 is 0 Å². The molecule has 0 aromatic heterocycles. The number of ether oxygens (including phenoxy) is 1. The van der Waals surface area contributed by atoms with Crippen LogP contribution in [0.5, 0.6) is 0 Å². The maximum atomic E-state index is 10.1. The van der Waals surface area contributed by atoms with Crippen molar-refractivity contribution in [2.45, 2.75) is 37.9 Å². The van der Waals surface area contributed by atoms with Gasteiger partial charge in [-0.3, -0.25) is 0 Å². The Morgan fingerprint density at radius 1 is 1.35 bits per heavy atom. The summed E-state index contributed by atoms with van der Waals surface area (Å²) >= 11 is 12.1. The second-order valence-corrected chi connectivity index (χ2v) is 5.18. The van der Waals surface area contributed by atoms with Gasteiger partial charge in [0.05, 0.1) is 12.2 Å². The number of aliphatic hydroxyl groups is 1. The molecule has 1 aliphatic rings. The molecule has 1 saturated heterocycles. The summed E-state index contributed by atoms with van der Waals surface area (Å²) in [5.74, 6) is 0. The van der Waals surface area contributed by atoms with E-state index >= 15 is 0 Å². The van der Waals surface area contributed by atoms with Crippen molar-refractivity contribution in [3.8, 4) is 0 Å². The molecule has 1 aromatic rings. The topological polar surface area (TPSA) is 29.5 Å². The molecular weight excluding hydrogens is 259 g/mol. The molecule has 0 radical (unpaired) electrons. The Bertz CT molecular complexity index is 355. The number of hydrogen-bond donors (Lipinski definition) is 1. The van der Waals surface area contributed by atoms with Gasteiger partial charge in [0.1, 0.15) is 0 Å². The summed E-state index contributed by atoms with van der Waals surface area (Å²) in [6, 6.07) is 5.27. The molecule has 0 saturated carbocycles. The minimum Gasteiger partial charge on any atom is -0.388 e. The highest BCUT2D eigenvalue weighted by atomic mass is 35.5. The van der Waals surface area contributed by atoms with Crippen molar-refractivity contribution >= 4 is 23.2 Å². The van der Waals surface area contributed by atoms with E-state index in [0.717, 1.165) is 25.9 Å². The van der Waals surface area contributed by atoms with E-state index in [1.807, 2.05) is 0 Å². The maximum absolute atomic E-state index is 10.1. The van der Waals surface area contributed by atoms with E-state index in [0.29, 0.717) is 22.0 Å². The molecule has 0 amide bonds. The Balaban J connectivity index is 1.96. The lowest BCUT2D eigenvalue weighted by Gasteiger charge is -2.16. The fourth-order valence-corrected chi connectivity index (χ4v) is 2.84. The van der Waals surface area contributed by atoms with E-state index in [-0.39, 0.29) is 6.10 Å². The van der Waals surface area contributed by atoms with E-state index in [9.17, 15) is 5.11 Å². The number of aliphatic hydroxyl groups excluding tert-OH is 1. The molecule has 17 heavy (non-hydrogen) atoms. The molecule has 94 valence electrons. The van der Waals surface area contributed by atoms with Gasteiger partial charge in [0.25, 0.3) is 0 Å². The van der Waals surface area contributed by atoms with Crippen molar-refractivity contribution in [1.29, 1.82) is 0 Å². The van der Waals surface area contributed by atoms with Crippen molar-refractivity contribution in [3.63, 3.8) is 0 Å². The molecule has 2 unspecified atom stereocenters. The fourth-order valence-electron chi connectivity index (χ4n) is 2.19. The van der Waals surface area contributed by atoms with Gasteiger partial charge in [0.2, 0.25) is 0 Å². The maximum Gasteiger partial charge on any atom is 0.0820 e. The third-order valence-corrected chi connectivity index (χ3v) is 3.78. The van der Waals surface area contributed by atoms with Crippen LogP contribution in [0.1, 0.15) is 37.4 Å². The quantitative estimate of drug-likeness (QED) is 0.900. The van der Waals surface area contributed by atoms with Crippen LogP contribution >= 0.6 is 23.2 Å². The zero-order chi connectivity index (χ0) is 12.3. The van der Waals surface area contributed by atoms with Gasteiger partial charge < -0.3 is 9.84 Å². The highest BCUT2D eigenvalue weighted by Gasteiger charge is 2.20. The van der Waals surface area contributed by atoms with E-state index in [1.54, 1.807) is 18.2 Å². The molecule has 2 nitrogen and oxygen atoms in total. The molecule has 1 aliphatic heterocycles. The Kier molecular flexibility index (Phi) is 4.69. The standard InChI is InChI=1S/C13H16Cl2O2/c14-10-4-1-5-11(15)13(10)12(16)7-6-9-3-2-8-17-9/h1,4-5,9,12,16H,2-3,6-8H2. The number of benzene rings is 1. The second-order valence-electron chi connectivity index (χ2n) is 4.36. The SMILES string of the molecule is OC(CCC1CCCO1)c1c(Cl)cccc1Cl. The molecule has 2 atom stereocenters. The molecule has 1 N–H and O–H groups in total. The van der Waals surface area contributed by atoms with Gasteiger partial charge in [-0.2, -0.15) is 0 Å². The molecule has 0 spiro atoms. The van der Waals surface area contributed by atoms with Gasteiger partial charge in [-0.15, -0.1) is 0 Å². The van der Waals surface area contributed by atoms with E-state index in [2.05, 4.69) is 0 Å². The van der Waals surface area contributed by atoms with Crippen LogP contribution in [0.4, 0.5) is 0 Å². The van der Waals surface area contributed by atoms with Gasteiger partial charge in [-0.05, 0) is 37.8 Å².